The number of nitrogens with zero attached hydrogens (tertiary/aromatic N) is 1. The molecule has 0 radical (unpaired) electrons. The molecule has 0 bridgehead atoms. The summed E-state index contributed by atoms with van der Waals surface area (Å²) in [4.78, 5) is 7.87. The van der Waals surface area contributed by atoms with Crippen molar-refractivity contribution in [3.63, 3.8) is 0 Å². The summed E-state index contributed by atoms with van der Waals surface area (Å²) in [5.74, 6) is 1.63. The predicted molar refractivity (Wildman–Crippen MR) is 87.3 cm³/mol. The van der Waals surface area contributed by atoms with Crippen LogP contribution >= 0.6 is 0 Å². The molecule has 0 aliphatic carbocycles. The maximum Gasteiger partial charge on any atom is 0.142 e. The fourth-order valence-electron chi connectivity index (χ4n) is 2.74. The molecular weight excluding hydrogens is 276 g/mol. The lowest BCUT2D eigenvalue weighted by atomic mass is 10.0. The summed E-state index contributed by atoms with van der Waals surface area (Å²) >= 11 is 0. The van der Waals surface area contributed by atoms with E-state index in [1.807, 2.05) is 48.5 Å². The molecule has 0 saturated carbocycles. The van der Waals surface area contributed by atoms with Gasteiger partial charge in [-0.25, -0.2) is 4.98 Å². The molecule has 0 spiro atoms. The normalized spacial score (nSPS) is 11.1. The number of H-pyrrole nitrogens is 1. The number of rotatable bonds is 2. The van der Waals surface area contributed by atoms with E-state index in [2.05, 4.69) is 9.97 Å². The van der Waals surface area contributed by atoms with Crippen molar-refractivity contribution in [3.8, 4) is 22.9 Å². The second kappa shape index (κ2) is 4.77. The number of fused-ring (bicyclic) bond motifs is 2. The summed E-state index contributed by atoms with van der Waals surface area (Å²) < 4.78 is 5.23. The van der Waals surface area contributed by atoms with Crippen LogP contribution in [0.15, 0.2) is 54.6 Å². The summed E-state index contributed by atoms with van der Waals surface area (Å²) in [5.41, 5.74) is 2.43. The molecular formula is C18H14N2O2. The van der Waals surface area contributed by atoms with E-state index in [4.69, 9.17) is 4.74 Å². The highest BCUT2D eigenvalue weighted by Gasteiger charge is 2.13. The summed E-state index contributed by atoms with van der Waals surface area (Å²) in [6, 6.07) is 17.2. The van der Waals surface area contributed by atoms with Gasteiger partial charge in [0.1, 0.15) is 17.3 Å². The van der Waals surface area contributed by atoms with Crippen molar-refractivity contribution in [2.75, 3.05) is 7.11 Å². The van der Waals surface area contributed by atoms with Gasteiger partial charge in [-0.2, -0.15) is 0 Å². The van der Waals surface area contributed by atoms with E-state index in [1.165, 1.54) is 0 Å². The van der Waals surface area contributed by atoms with Crippen LogP contribution in [0.4, 0.5) is 0 Å². The van der Waals surface area contributed by atoms with Gasteiger partial charge in [0.25, 0.3) is 0 Å². The first-order chi connectivity index (χ1) is 10.8. The number of hydrogen-bond donors (Lipinski definition) is 2. The molecule has 4 aromatic rings. The molecule has 3 aromatic carbocycles. The lowest BCUT2D eigenvalue weighted by Gasteiger charge is -2.06. The van der Waals surface area contributed by atoms with Crippen LogP contribution in [-0.4, -0.2) is 22.2 Å². The SMILES string of the molecule is COc1ccc2nc(-c3c(O)ccc4ccccc34)[nH]c2c1. The number of hydrogen-bond acceptors (Lipinski definition) is 3. The van der Waals surface area contributed by atoms with Gasteiger partial charge in [-0.1, -0.05) is 30.3 Å². The Hall–Kier alpha value is -3.01. The van der Waals surface area contributed by atoms with Crippen LogP contribution in [0.1, 0.15) is 0 Å². The number of aromatic amines is 1. The van der Waals surface area contributed by atoms with Gasteiger partial charge in [0, 0.05) is 6.07 Å². The van der Waals surface area contributed by atoms with Gasteiger partial charge in [-0.15, -0.1) is 0 Å². The summed E-state index contributed by atoms with van der Waals surface area (Å²) in [6.45, 7) is 0. The number of nitrogens with one attached hydrogen (secondary N) is 1. The molecule has 108 valence electrons. The Kier molecular flexibility index (Phi) is 2.76. The quantitative estimate of drug-likeness (QED) is 0.584. The largest absolute Gasteiger partial charge is 0.507 e. The molecule has 22 heavy (non-hydrogen) atoms. The average molecular weight is 290 g/mol. The van der Waals surface area contributed by atoms with Crippen molar-refractivity contribution in [1.82, 2.24) is 9.97 Å². The number of aromatic hydroxyl groups is 1. The standard InChI is InChI=1S/C18H14N2O2/c1-22-12-7-8-14-15(10-12)20-18(19-14)17-13-5-3-2-4-11(13)6-9-16(17)21/h2-10,21H,1H3,(H,19,20). The summed E-state index contributed by atoms with van der Waals surface area (Å²) in [7, 11) is 1.63. The van der Waals surface area contributed by atoms with Crippen LogP contribution in [0.25, 0.3) is 33.2 Å². The number of phenolic OH excluding ortho intramolecular Hbond substituents is 1. The average Bonchev–Trinajstić information content (AvgIpc) is 2.97. The fraction of sp³-hybridized carbons (Fsp3) is 0.0556. The Labute approximate surface area is 127 Å². The molecule has 0 amide bonds. The molecule has 1 aromatic heterocycles. The third-order valence-electron chi connectivity index (χ3n) is 3.83. The van der Waals surface area contributed by atoms with Gasteiger partial charge < -0.3 is 14.8 Å². The van der Waals surface area contributed by atoms with Crippen molar-refractivity contribution >= 4 is 21.8 Å². The van der Waals surface area contributed by atoms with E-state index < -0.39 is 0 Å². The predicted octanol–water partition coefficient (Wildman–Crippen LogP) is 4.10. The fourth-order valence-corrected chi connectivity index (χ4v) is 2.74. The van der Waals surface area contributed by atoms with Crippen LogP contribution in [0, 0.1) is 0 Å². The highest BCUT2D eigenvalue weighted by atomic mass is 16.5. The molecule has 0 aliphatic heterocycles. The Bertz CT molecular complexity index is 989. The number of benzene rings is 3. The highest BCUT2D eigenvalue weighted by molar-refractivity contribution is 5.99. The minimum atomic E-state index is 0.213. The van der Waals surface area contributed by atoms with Crippen LogP contribution in [0.5, 0.6) is 11.5 Å². The smallest absolute Gasteiger partial charge is 0.142 e. The van der Waals surface area contributed by atoms with Crippen LogP contribution in [0.2, 0.25) is 0 Å². The molecule has 0 atom stereocenters. The Morgan fingerprint density at radius 1 is 1.05 bits per heavy atom. The number of aromatic nitrogens is 2. The number of phenols is 1. The van der Waals surface area contributed by atoms with E-state index in [1.54, 1.807) is 13.2 Å². The van der Waals surface area contributed by atoms with Crippen LogP contribution in [-0.2, 0) is 0 Å². The highest BCUT2D eigenvalue weighted by Crippen LogP contribution is 2.35. The monoisotopic (exact) mass is 290 g/mol. The van der Waals surface area contributed by atoms with Gasteiger partial charge in [-0.05, 0) is 29.0 Å². The number of imidazole rings is 1. The third-order valence-corrected chi connectivity index (χ3v) is 3.83. The lowest BCUT2D eigenvalue weighted by molar-refractivity contribution is 0.415. The first-order valence-corrected chi connectivity index (χ1v) is 7.01. The van der Waals surface area contributed by atoms with Crippen molar-refractivity contribution in [2.24, 2.45) is 0 Å². The van der Waals surface area contributed by atoms with E-state index in [9.17, 15) is 5.11 Å². The Balaban J connectivity index is 2.00. The second-order valence-electron chi connectivity index (χ2n) is 5.15. The number of methoxy groups -OCH3 is 1. The number of ether oxygens (including phenoxy) is 1. The van der Waals surface area contributed by atoms with Crippen molar-refractivity contribution < 1.29 is 9.84 Å². The van der Waals surface area contributed by atoms with Gasteiger partial charge >= 0.3 is 0 Å². The van der Waals surface area contributed by atoms with Crippen molar-refractivity contribution in [3.05, 3.63) is 54.6 Å². The molecule has 0 unspecified atom stereocenters. The zero-order valence-corrected chi connectivity index (χ0v) is 12.0. The third kappa shape index (κ3) is 1.89. The Morgan fingerprint density at radius 2 is 1.91 bits per heavy atom. The molecule has 0 saturated heterocycles. The van der Waals surface area contributed by atoms with Crippen molar-refractivity contribution in [1.29, 1.82) is 0 Å². The maximum atomic E-state index is 10.3. The minimum absolute atomic E-state index is 0.213. The maximum absolute atomic E-state index is 10.3. The molecule has 4 nitrogen and oxygen atoms in total. The molecule has 0 aliphatic rings. The first-order valence-electron chi connectivity index (χ1n) is 7.01. The first kappa shape index (κ1) is 12.7. The van der Waals surface area contributed by atoms with E-state index in [0.717, 1.165) is 27.6 Å². The summed E-state index contributed by atoms with van der Waals surface area (Å²) in [6.07, 6.45) is 0. The molecule has 4 heteroatoms. The second-order valence-corrected chi connectivity index (χ2v) is 5.15. The van der Waals surface area contributed by atoms with Gasteiger partial charge in [0.05, 0.1) is 23.7 Å². The Morgan fingerprint density at radius 3 is 2.77 bits per heavy atom. The van der Waals surface area contributed by atoms with Gasteiger partial charge in [0.2, 0.25) is 0 Å². The minimum Gasteiger partial charge on any atom is -0.507 e. The molecule has 1 heterocycles. The van der Waals surface area contributed by atoms with Crippen molar-refractivity contribution in [2.45, 2.75) is 0 Å². The van der Waals surface area contributed by atoms with Crippen LogP contribution < -0.4 is 4.74 Å². The van der Waals surface area contributed by atoms with E-state index in [0.29, 0.717) is 11.4 Å². The molecule has 4 rings (SSSR count). The summed E-state index contributed by atoms with van der Waals surface area (Å²) in [5, 5.41) is 12.3. The molecule has 0 fully saturated rings. The van der Waals surface area contributed by atoms with Gasteiger partial charge in [0.15, 0.2) is 0 Å². The lowest BCUT2D eigenvalue weighted by Crippen LogP contribution is -1.84. The topological polar surface area (TPSA) is 58.1 Å². The zero-order valence-electron chi connectivity index (χ0n) is 12.0. The van der Waals surface area contributed by atoms with Crippen LogP contribution in [0.3, 0.4) is 0 Å². The van der Waals surface area contributed by atoms with Gasteiger partial charge in [-0.3, -0.25) is 0 Å². The van der Waals surface area contributed by atoms with E-state index >= 15 is 0 Å². The molecule has 2 N–H and O–H groups in total. The van der Waals surface area contributed by atoms with E-state index in [-0.39, 0.29) is 5.75 Å². The zero-order chi connectivity index (χ0) is 15.1.